The van der Waals surface area contributed by atoms with Gasteiger partial charge in [0.2, 0.25) is 11.8 Å². The largest absolute Gasteiger partial charge is 0.467 e. The van der Waals surface area contributed by atoms with Crippen LogP contribution in [-0.4, -0.2) is 41.2 Å². The fourth-order valence-corrected chi connectivity index (χ4v) is 3.32. The second-order valence-corrected chi connectivity index (χ2v) is 9.54. The van der Waals surface area contributed by atoms with E-state index >= 15 is 0 Å². The van der Waals surface area contributed by atoms with Crippen LogP contribution in [0.3, 0.4) is 0 Å². The van der Waals surface area contributed by atoms with E-state index in [9.17, 15) is 9.59 Å². The molecule has 5 nitrogen and oxygen atoms in total. The van der Waals surface area contributed by atoms with Gasteiger partial charge in [0.15, 0.2) is 0 Å². The lowest BCUT2D eigenvalue weighted by Crippen LogP contribution is -2.45. The summed E-state index contributed by atoms with van der Waals surface area (Å²) in [7, 11) is 0. The molecule has 5 heteroatoms. The minimum Gasteiger partial charge on any atom is -0.467 e. The molecule has 0 atom stereocenters. The predicted molar refractivity (Wildman–Crippen MR) is 120 cm³/mol. The molecule has 0 spiro atoms. The number of nitrogens with zero attached hydrogens (tertiary/aromatic N) is 2. The Morgan fingerprint density at radius 1 is 0.967 bits per heavy atom. The molecule has 0 bridgehead atoms. The first kappa shape index (κ1) is 23.7. The summed E-state index contributed by atoms with van der Waals surface area (Å²) in [5, 5.41) is 0. The molecular formula is C25H36N2O3. The molecule has 0 aliphatic rings. The van der Waals surface area contributed by atoms with E-state index in [0.717, 1.165) is 12.2 Å². The van der Waals surface area contributed by atoms with Crippen LogP contribution in [-0.2, 0) is 22.6 Å². The van der Waals surface area contributed by atoms with E-state index < -0.39 is 0 Å². The zero-order chi connectivity index (χ0) is 22.1. The van der Waals surface area contributed by atoms with Crippen molar-refractivity contribution in [2.24, 2.45) is 11.3 Å². The van der Waals surface area contributed by atoms with Crippen molar-refractivity contribution >= 4 is 11.8 Å². The zero-order valence-corrected chi connectivity index (χ0v) is 19.1. The lowest BCUT2D eigenvalue weighted by molar-refractivity contribution is -0.142. The third kappa shape index (κ3) is 8.44. The van der Waals surface area contributed by atoms with Gasteiger partial charge in [0, 0.05) is 19.5 Å². The summed E-state index contributed by atoms with van der Waals surface area (Å²) < 4.78 is 5.47. The lowest BCUT2D eigenvalue weighted by atomic mass is 9.91. The van der Waals surface area contributed by atoms with Gasteiger partial charge in [-0.1, -0.05) is 65.0 Å². The van der Waals surface area contributed by atoms with Crippen LogP contribution in [0, 0.1) is 11.3 Å². The van der Waals surface area contributed by atoms with Crippen LogP contribution < -0.4 is 0 Å². The van der Waals surface area contributed by atoms with Crippen molar-refractivity contribution in [3.8, 4) is 0 Å². The maximum absolute atomic E-state index is 13.2. The third-order valence-electron chi connectivity index (χ3n) is 4.74. The summed E-state index contributed by atoms with van der Waals surface area (Å²) >= 11 is 0. The summed E-state index contributed by atoms with van der Waals surface area (Å²) in [5.74, 6) is 1.02. The van der Waals surface area contributed by atoms with Crippen LogP contribution in [0.5, 0.6) is 0 Å². The number of hydrogen-bond acceptors (Lipinski definition) is 3. The van der Waals surface area contributed by atoms with Crippen molar-refractivity contribution in [1.82, 2.24) is 9.80 Å². The van der Waals surface area contributed by atoms with E-state index in [1.165, 1.54) is 5.56 Å². The number of hydrogen-bond donors (Lipinski definition) is 0. The van der Waals surface area contributed by atoms with Gasteiger partial charge in [0.1, 0.15) is 5.76 Å². The van der Waals surface area contributed by atoms with Crippen LogP contribution in [0.4, 0.5) is 0 Å². The van der Waals surface area contributed by atoms with Crippen LogP contribution >= 0.6 is 0 Å². The molecular weight excluding hydrogens is 376 g/mol. The second-order valence-electron chi connectivity index (χ2n) is 9.54. The van der Waals surface area contributed by atoms with E-state index in [1.807, 2.05) is 51.1 Å². The maximum atomic E-state index is 13.2. The van der Waals surface area contributed by atoms with Gasteiger partial charge in [-0.15, -0.1) is 0 Å². The molecule has 2 amide bonds. The Morgan fingerprint density at radius 2 is 1.67 bits per heavy atom. The molecule has 0 N–H and O–H groups in total. The first-order valence-electron chi connectivity index (χ1n) is 10.8. The number of carbonyl (C=O) groups excluding carboxylic acids is 2. The van der Waals surface area contributed by atoms with Crippen molar-refractivity contribution in [3.05, 3.63) is 60.1 Å². The first-order chi connectivity index (χ1) is 14.1. The molecule has 0 fully saturated rings. The van der Waals surface area contributed by atoms with Gasteiger partial charge < -0.3 is 14.2 Å². The van der Waals surface area contributed by atoms with E-state index in [1.54, 1.807) is 16.1 Å². The summed E-state index contributed by atoms with van der Waals surface area (Å²) in [6.45, 7) is 11.9. The Morgan fingerprint density at radius 3 is 2.23 bits per heavy atom. The van der Waals surface area contributed by atoms with Gasteiger partial charge >= 0.3 is 0 Å². The van der Waals surface area contributed by atoms with Crippen molar-refractivity contribution in [2.45, 2.75) is 54.0 Å². The maximum Gasteiger partial charge on any atom is 0.242 e. The number of rotatable bonds is 10. The van der Waals surface area contributed by atoms with E-state index in [2.05, 4.69) is 26.0 Å². The molecule has 2 aromatic rings. The van der Waals surface area contributed by atoms with Crippen LogP contribution in [0.25, 0.3) is 0 Å². The van der Waals surface area contributed by atoms with Crippen LogP contribution in [0.2, 0.25) is 0 Å². The van der Waals surface area contributed by atoms with Crippen LogP contribution in [0.1, 0.15) is 52.4 Å². The Kier molecular flexibility index (Phi) is 8.70. The Bertz CT molecular complexity index is 776. The van der Waals surface area contributed by atoms with Crippen molar-refractivity contribution in [3.63, 3.8) is 0 Å². The fourth-order valence-electron chi connectivity index (χ4n) is 3.32. The molecule has 0 saturated heterocycles. The Balaban J connectivity index is 2.11. The van der Waals surface area contributed by atoms with E-state index in [0.29, 0.717) is 32.0 Å². The molecule has 0 saturated carbocycles. The quantitative estimate of drug-likeness (QED) is 0.565. The predicted octanol–water partition coefficient (Wildman–Crippen LogP) is 4.77. The van der Waals surface area contributed by atoms with E-state index in [-0.39, 0.29) is 23.8 Å². The molecule has 1 heterocycles. The van der Waals surface area contributed by atoms with Gasteiger partial charge in [-0.05, 0) is 35.4 Å². The zero-order valence-electron chi connectivity index (χ0n) is 19.1. The summed E-state index contributed by atoms with van der Waals surface area (Å²) in [4.78, 5) is 29.6. The molecule has 1 aromatic carbocycles. The standard InChI is InChI=1S/C25H36N2O3/c1-20(2)17-27(23(28)16-25(3,4)5)19-24(29)26(18-22-12-9-15-30-22)14-13-21-10-7-6-8-11-21/h6-12,15,20H,13-14,16-19H2,1-5H3. The van der Waals surface area contributed by atoms with Gasteiger partial charge in [0.25, 0.3) is 0 Å². The number of furan rings is 1. The first-order valence-corrected chi connectivity index (χ1v) is 10.8. The summed E-state index contributed by atoms with van der Waals surface area (Å²) in [6.07, 6.45) is 2.80. The monoisotopic (exact) mass is 412 g/mol. The van der Waals surface area contributed by atoms with E-state index in [4.69, 9.17) is 4.42 Å². The minimum atomic E-state index is -0.115. The average molecular weight is 413 g/mol. The fraction of sp³-hybridized carbons (Fsp3) is 0.520. The van der Waals surface area contributed by atoms with Crippen LogP contribution in [0.15, 0.2) is 53.1 Å². The van der Waals surface area contributed by atoms with Crippen molar-refractivity contribution < 1.29 is 14.0 Å². The highest BCUT2D eigenvalue weighted by Crippen LogP contribution is 2.20. The molecule has 0 aliphatic heterocycles. The number of benzene rings is 1. The van der Waals surface area contributed by atoms with Crippen molar-refractivity contribution in [2.75, 3.05) is 19.6 Å². The second kappa shape index (κ2) is 11.0. The van der Waals surface area contributed by atoms with Gasteiger partial charge in [-0.3, -0.25) is 9.59 Å². The van der Waals surface area contributed by atoms with Gasteiger partial charge in [-0.25, -0.2) is 0 Å². The molecule has 30 heavy (non-hydrogen) atoms. The Hall–Kier alpha value is -2.56. The summed E-state index contributed by atoms with van der Waals surface area (Å²) in [6, 6.07) is 13.8. The topological polar surface area (TPSA) is 53.8 Å². The molecule has 164 valence electrons. The SMILES string of the molecule is CC(C)CN(CC(=O)N(CCc1ccccc1)Cc1ccco1)C(=O)CC(C)(C)C. The van der Waals surface area contributed by atoms with Gasteiger partial charge in [0.05, 0.1) is 19.4 Å². The number of carbonyl (C=O) groups is 2. The highest BCUT2D eigenvalue weighted by atomic mass is 16.3. The number of amides is 2. The molecule has 1 aromatic heterocycles. The normalized spacial score (nSPS) is 11.5. The smallest absolute Gasteiger partial charge is 0.242 e. The highest BCUT2D eigenvalue weighted by molar-refractivity contribution is 5.85. The minimum absolute atomic E-state index is 0.0329. The third-order valence-corrected chi connectivity index (χ3v) is 4.74. The summed E-state index contributed by atoms with van der Waals surface area (Å²) in [5.41, 5.74) is 1.06. The van der Waals surface area contributed by atoms with Crippen molar-refractivity contribution in [1.29, 1.82) is 0 Å². The molecule has 0 unspecified atom stereocenters. The lowest BCUT2D eigenvalue weighted by Gasteiger charge is -2.30. The average Bonchev–Trinajstić information content (AvgIpc) is 3.16. The molecule has 0 radical (unpaired) electrons. The Labute approximate surface area is 181 Å². The highest BCUT2D eigenvalue weighted by Gasteiger charge is 2.26. The molecule has 0 aliphatic carbocycles. The van der Waals surface area contributed by atoms with Gasteiger partial charge in [-0.2, -0.15) is 0 Å². The molecule has 2 rings (SSSR count).